The number of halogens is 1. The largest absolute Gasteiger partial charge is 0.390 e. The van der Waals surface area contributed by atoms with Crippen LogP contribution < -0.4 is 10.6 Å². The number of aliphatic hydroxyl groups excluding tert-OH is 2. The van der Waals surface area contributed by atoms with Crippen LogP contribution in [0.2, 0.25) is 0 Å². The van der Waals surface area contributed by atoms with E-state index in [1.807, 2.05) is 27.7 Å². The van der Waals surface area contributed by atoms with E-state index in [-0.39, 0.29) is 11.3 Å². The predicted octanol–water partition coefficient (Wildman–Crippen LogP) is 4.33. The van der Waals surface area contributed by atoms with Gasteiger partial charge < -0.3 is 20.8 Å². The van der Waals surface area contributed by atoms with Crippen molar-refractivity contribution in [1.82, 2.24) is 10.3 Å². The Morgan fingerprint density at radius 1 is 1.10 bits per heavy atom. The van der Waals surface area contributed by atoms with Crippen molar-refractivity contribution in [2.45, 2.75) is 72.1 Å². The predicted molar refractivity (Wildman–Crippen MR) is 118 cm³/mol. The SMILES string of the molecule is CC.CC.Cc1ccc(Nc2cnccc2C(=O)NC2CCCC(O)C2O)c(F)c1. The van der Waals surface area contributed by atoms with Crippen molar-refractivity contribution < 1.29 is 19.4 Å². The lowest BCUT2D eigenvalue weighted by Gasteiger charge is -2.32. The van der Waals surface area contributed by atoms with Crippen molar-refractivity contribution in [2.75, 3.05) is 5.32 Å². The molecule has 0 bridgehead atoms. The van der Waals surface area contributed by atoms with Gasteiger partial charge in [-0.2, -0.15) is 0 Å². The van der Waals surface area contributed by atoms with Crippen LogP contribution in [0.1, 0.15) is 62.9 Å². The minimum absolute atomic E-state index is 0.241. The number of aromatic nitrogens is 1. The van der Waals surface area contributed by atoms with E-state index >= 15 is 0 Å². The molecule has 1 saturated carbocycles. The highest BCUT2D eigenvalue weighted by atomic mass is 19.1. The number of hydrogen-bond donors (Lipinski definition) is 4. The minimum Gasteiger partial charge on any atom is -0.390 e. The number of nitrogens with one attached hydrogen (secondary N) is 2. The Hall–Kier alpha value is -2.51. The molecule has 4 N–H and O–H groups in total. The standard InChI is InChI=1S/C19H22FN3O3.2C2H6/c1-11-5-6-14(13(20)9-11)22-16-10-21-8-7-12(16)19(26)23-15-3-2-4-17(24)18(15)25;2*1-2/h5-10,15,17-18,22,24-25H,2-4H2,1H3,(H,23,26);2*1-2H3. The summed E-state index contributed by atoms with van der Waals surface area (Å²) in [7, 11) is 0. The zero-order chi connectivity index (χ0) is 22.7. The Morgan fingerprint density at radius 3 is 2.47 bits per heavy atom. The first-order valence-corrected chi connectivity index (χ1v) is 10.6. The number of pyridine rings is 1. The van der Waals surface area contributed by atoms with Crippen LogP contribution in [0.15, 0.2) is 36.7 Å². The molecule has 3 unspecified atom stereocenters. The average molecular weight is 420 g/mol. The van der Waals surface area contributed by atoms with Gasteiger partial charge in [-0.25, -0.2) is 4.39 Å². The lowest BCUT2D eigenvalue weighted by atomic mass is 9.90. The lowest BCUT2D eigenvalue weighted by Crippen LogP contribution is -2.51. The van der Waals surface area contributed by atoms with Crippen LogP contribution >= 0.6 is 0 Å². The summed E-state index contributed by atoms with van der Waals surface area (Å²) in [6.45, 7) is 9.79. The summed E-state index contributed by atoms with van der Waals surface area (Å²) in [5, 5.41) is 25.5. The lowest BCUT2D eigenvalue weighted by molar-refractivity contribution is -0.0277. The molecule has 0 spiro atoms. The van der Waals surface area contributed by atoms with Gasteiger partial charge in [0.05, 0.1) is 41.4 Å². The van der Waals surface area contributed by atoms with Crippen molar-refractivity contribution in [2.24, 2.45) is 0 Å². The summed E-state index contributed by atoms with van der Waals surface area (Å²) in [6.07, 6.45) is 2.90. The van der Waals surface area contributed by atoms with E-state index in [1.54, 1.807) is 19.1 Å². The second-order valence-corrected chi connectivity index (χ2v) is 6.60. The van der Waals surface area contributed by atoms with Gasteiger partial charge in [-0.1, -0.05) is 33.8 Å². The summed E-state index contributed by atoms with van der Waals surface area (Å²) >= 11 is 0. The van der Waals surface area contributed by atoms with Crippen LogP contribution in [0, 0.1) is 12.7 Å². The summed E-state index contributed by atoms with van der Waals surface area (Å²) < 4.78 is 14.1. The third-order valence-electron chi connectivity index (χ3n) is 4.60. The van der Waals surface area contributed by atoms with Crippen LogP contribution in [-0.4, -0.2) is 39.4 Å². The van der Waals surface area contributed by atoms with Crippen LogP contribution in [0.4, 0.5) is 15.8 Å². The molecule has 2 aromatic rings. The number of rotatable bonds is 4. The topological polar surface area (TPSA) is 94.5 Å². The maximum Gasteiger partial charge on any atom is 0.253 e. The second-order valence-electron chi connectivity index (χ2n) is 6.60. The van der Waals surface area contributed by atoms with Gasteiger partial charge in [0.1, 0.15) is 5.82 Å². The fourth-order valence-electron chi connectivity index (χ4n) is 3.12. The van der Waals surface area contributed by atoms with E-state index in [0.29, 0.717) is 18.5 Å². The van der Waals surface area contributed by atoms with Crippen LogP contribution in [0.5, 0.6) is 0 Å². The number of nitrogens with zero attached hydrogens (tertiary/aromatic N) is 1. The normalized spacial score (nSPS) is 20.1. The van der Waals surface area contributed by atoms with Crippen molar-refractivity contribution in [3.05, 3.63) is 53.6 Å². The number of carbonyl (C=O) groups excluding carboxylic acids is 1. The number of aryl methyl sites for hydroxylation is 1. The van der Waals surface area contributed by atoms with E-state index < -0.39 is 30.0 Å². The van der Waals surface area contributed by atoms with Crippen molar-refractivity contribution in [1.29, 1.82) is 0 Å². The van der Waals surface area contributed by atoms with Gasteiger partial charge in [0.15, 0.2) is 0 Å². The molecule has 3 atom stereocenters. The van der Waals surface area contributed by atoms with Gasteiger partial charge in [0.25, 0.3) is 5.91 Å². The molecule has 1 aromatic carbocycles. The molecule has 1 aliphatic carbocycles. The zero-order valence-corrected chi connectivity index (χ0v) is 18.4. The minimum atomic E-state index is -1.000. The van der Waals surface area contributed by atoms with Crippen molar-refractivity contribution in [3.63, 3.8) is 0 Å². The first-order chi connectivity index (χ1) is 14.5. The van der Waals surface area contributed by atoms with E-state index in [1.165, 1.54) is 24.5 Å². The molecule has 0 saturated heterocycles. The van der Waals surface area contributed by atoms with Crippen LogP contribution in [0.25, 0.3) is 0 Å². The highest BCUT2D eigenvalue weighted by molar-refractivity contribution is 6.00. The second kappa shape index (κ2) is 12.9. The van der Waals surface area contributed by atoms with Crippen molar-refractivity contribution in [3.8, 4) is 0 Å². The van der Waals surface area contributed by atoms with Crippen LogP contribution in [-0.2, 0) is 0 Å². The molecule has 1 aliphatic rings. The number of hydrogen-bond acceptors (Lipinski definition) is 5. The summed E-state index contributed by atoms with van der Waals surface area (Å²) in [6, 6.07) is 5.76. The molecule has 6 nitrogen and oxygen atoms in total. The molecule has 1 aromatic heterocycles. The molecule has 0 aliphatic heterocycles. The monoisotopic (exact) mass is 419 g/mol. The third kappa shape index (κ3) is 6.78. The smallest absolute Gasteiger partial charge is 0.253 e. The molecule has 3 rings (SSSR count). The van der Waals surface area contributed by atoms with Gasteiger partial charge in [0.2, 0.25) is 0 Å². The molecule has 1 heterocycles. The maximum atomic E-state index is 14.1. The fraction of sp³-hybridized carbons (Fsp3) is 0.478. The molecule has 0 radical (unpaired) electrons. The Kier molecular flexibility index (Phi) is 11.0. The Labute approximate surface area is 178 Å². The number of anilines is 2. The van der Waals surface area contributed by atoms with Crippen LogP contribution in [0.3, 0.4) is 0 Å². The molecular formula is C23H34FN3O3. The van der Waals surface area contributed by atoms with Gasteiger partial charge in [-0.15, -0.1) is 0 Å². The van der Waals surface area contributed by atoms with E-state index in [2.05, 4.69) is 15.6 Å². The number of aliphatic hydroxyl groups is 2. The van der Waals surface area contributed by atoms with Crippen molar-refractivity contribution >= 4 is 17.3 Å². The third-order valence-corrected chi connectivity index (χ3v) is 4.60. The Morgan fingerprint density at radius 2 is 1.80 bits per heavy atom. The molecule has 1 fully saturated rings. The Bertz CT molecular complexity index is 801. The summed E-state index contributed by atoms with van der Waals surface area (Å²) in [4.78, 5) is 16.6. The molecule has 30 heavy (non-hydrogen) atoms. The average Bonchev–Trinajstić information content (AvgIpc) is 2.76. The molecule has 166 valence electrons. The quantitative estimate of drug-likeness (QED) is 0.592. The van der Waals surface area contributed by atoms with Gasteiger partial charge in [-0.05, 0) is 49.9 Å². The Balaban J connectivity index is 0.00000106. The first kappa shape index (κ1) is 25.5. The van der Waals surface area contributed by atoms with Gasteiger partial charge >= 0.3 is 0 Å². The molecule has 1 amide bonds. The van der Waals surface area contributed by atoms with E-state index in [4.69, 9.17) is 0 Å². The molecular weight excluding hydrogens is 385 g/mol. The van der Waals surface area contributed by atoms with E-state index in [0.717, 1.165) is 12.0 Å². The highest BCUT2D eigenvalue weighted by Gasteiger charge is 2.32. The van der Waals surface area contributed by atoms with Gasteiger partial charge in [-0.3, -0.25) is 9.78 Å². The highest BCUT2D eigenvalue weighted by Crippen LogP contribution is 2.24. The van der Waals surface area contributed by atoms with Gasteiger partial charge in [0, 0.05) is 6.20 Å². The van der Waals surface area contributed by atoms with E-state index in [9.17, 15) is 19.4 Å². The molecule has 7 heteroatoms. The zero-order valence-electron chi connectivity index (χ0n) is 18.4. The fourth-order valence-corrected chi connectivity index (χ4v) is 3.12. The number of carbonyl (C=O) groups is 1. The maximum absolute atomic E-state index is 14.1. The first-order valence-electron chi connectivity index (χ1n) is 10.6. The number of amides is 1. The summed E-state index contributed by atoms with van der Waals surface area (Å²) in [5.74, 6) is -0.841. The number of benzene rings is 1. The summed E-state index contributed by atoms with van der Waals surface area (Å²) in [5.41, 5.74) is 1.68.